The second-order valence-electron chi connectivity index (χ2n) is 14.0. The predicted octanol–water partition coefficient (Wildman–Crippen LogP) is 7.45. The first kappa shape index (κ1) is 34.3. The van der Waals surface area contributed by atoms with E-state index < -0.39 is 23.3 Å². The summed E-state index contributed by atoms with van der Waals surface area (Å²) >= 11 is 0. The fraction of sp³-hybridized carbons (Fsp3) is 0.395. The maximum absolute atomic E-state index is 14.6. The summed E-state index contributed by atoms with van der Waals surface area (Å²) in [7, 11) is 0. The average Bonchev–Trinajstić information content (AvgIpc) is 3.33. The molecule has 1 fully saturated rings. The van der Waals surface area contributed by atoms with Crippen LogP contribution in [0.3, 0.4) is 0 Å². The molecular weight excluding hydrogens is 610 g/mol. The highest BCUT2D eigenvalue weighted by Crippen LogP contribution is 2.41. The summed E-state index contributed by atoms with van der Waals surface area (Å²) < 4.78 is 25.6. The molecule has 0 unspecified atom stereocenters. The van der Waals surface area contributed by atoms with Crippen molar-refractivity contribution in [2.24, 2.45) is 0 Å². The zero-order valence-electron chi connectivity index (χ0n) is 29.1. The van der Waals surface area contributed by atoms with Crippen LogP contribution in [0.15, 0.2) is 66.7 Å². The molecule has 0 saturated carbocycles. The summed E-state index contributed by atoms with van der Waals surface area (Å²) in [6, 6.07) is 20.9. The molecule has 0 bridgehead atoms. The summed E-state index contributed by atoms with van der Waals surface area (Å²) in [4.78, 5) is 43.2. The van der Waals surface area contributed by atoms with E-state index in [4.69, 9.17) is 18.9 Å². The number of hydrogen-bond donors (Lipinski definition) is 0. The third-order valence-corrected chi connectivity index (χ3v) is 7.73. The molecule has 3 aromatic carbocycles. The molecule has 2 amide bonds. The lowest BCUT2D eigenvalue weighted by atomic mass is 10.1. The number of para-hydroxylation sites is 2. The summed E-state index contributed by atoms with van der Waals surface area (Å²) in [5.41, 5.74) is 2.43. The number of benzene rings is 3. The quantitative estimate of drug-likeness (QED) is 0.191. The predicted molar refractivity (Wildman–Crippen MR) is 184 cm³/mol. The van der Waals surface area contributed by atoms with Crippen LogP contribution in [0.5, 0.6) is 17.4 Å². The van der Waals surface area contributed by atoms with E-state index >= 15 is 0 Å². The van der Waals surface area contributed by atoms with Gasteiger partial charge in [0, 0.05) is 43.3 Å². The van der Waals surface area contributed by atoms with E-state index in [1.807, 2.05) is 99.8 Å². The van der Waals surface area contributed by atoms with Gasteiger partial charge in [-0.3, -0.25) is 9.36 Å². The van der Waals surface area contributed by atoms with E-state index in [1.165, 1.54) is 0 Å². The number of amides is 2. The lowest BCUT2D eigenvalue weighted by Gasteiger charge is -2.35. The number of aryl methyl sites for hydroxylation is 2. The maximum Gasteiger partial charge on any atom is 0.410 e. The van der Waals surface area contributed by atoms with Crippen molar-refractivity contribution in [2.75, 3.05) is 32.8 Å². The van der Waals surface area contributed by atoms with Crippen molar-refractivity contribution in [3.8, 4) is 23.1 Å². The number of carbonyl (C=O) groups is 3. The number of nitrogens with zero attached hydrogens (tertiary/aromatic N) is 3. The summed E-state index contributed by atoms with van der Waals surface area (Å²) in [5, 5.41) is 0.657. The Balaban J connectivity index is 1.59. The van der Waals surface area contributed by atoms with Crippen LogP contribution in [-0.4, -0.2) is 76.3 Å². The number of ether oxygens (including phenoxy) is 4. The number of carbonyl (C=O) groups excluding carboxylic acids is 3. The van der Waals surface area contributed by atoms with Crippen molar-refractivity contribution in [1.29, 1.82) is 0 Å². The van der Waals surface area contributed by atoms with Gasteiger partial charge in [-0.15, -0.1) is 0 Å². The largest absolute Gasteiger partial charge is 0.482 e. The van der Waals surface area contributed by atoms with Crippen molar-refractivity contribution in [3.63, 3.8) is 0 Å². The van der Waals surface area contributed by atoms with E-state index in [1.54, 1.807) is 36.6 Å². The fourth-order valence-electron chi connectivity index (χ4n) is 5.62. The molecule has 1 saturated heterocycles. The van der Waals surface area contributed by atoms with Crippen molar-refractivity contribution in [2.45, 2.75) is 66.6 Å². The Morgan fingerprint density at radius 1 is 0.729 bits per heavy atom. The smallest absolute Gasteiger partial charge is 0.410 e. The van der Waals surface area contributed by atoms with Crippen molar-refractivity contribution in [1.82, 2.24) is 14.4 Å². The van der Waals surface area contributed by atoms with Crippen LogP contribution in [0.25, 0.3) is 16.6 Å². The Bertz CT molecular complexity index is 1790. The highest BCUT2D eigenvalue weighted by atomic mass is 16.6. The molecule has 10 nitrogen and oxygen atoms in total. The van der Waals surface area contributed by atoms with Crippen molar-refractivity contribution >= 4 is 28.9 Å². The minimum Gasteiger partial charge on any atom is -0.482 e. The van der Waals surface area contributed by atoms with Gasteiger partial charge < -0.3 is 28.7 Å². The summed E-state index contributed by atoms with van der Waals surface area (Å²) in [5.74, 6) is 0.746. The van der Waals surface area contributed by atoms with E-state index in [2.05, 4.69) is 0 Å². The molecule has 48 heavy (non-hydrogen) atoms. The van der Waals surface area contributed by atoms with E-state index in [0.29, 0.717) is 60.0 Å². The normalized spacial score (nSPS) is 13.8. The molecule has 1 aromatic heterocycles. The van der Waals surface area contributed by atoms with Crippen LogP contribution in [0, 0.1) is 13.8 Å². The monoisotopic (exact) mass is 655 g/mol. The molecule has 1 aliphatic heterocycles. The topological polar surface area (TPSA) is 99.5 Å². The van der Waals surface area contributed by atoms with Gasteiger partial charge in [-0.1, -0.05) is 36.4 Å². The maximum atomic E-state index is 14.6. The van der Waals surface area contributed by atoms with Crippen LogP contribution in [-0.2, 0) is 14.3 Å². The Kier molecular flexibility index (Phi) is 9.75. The fourth-order valence-corrected chi connectivity index (χ4v) is 5.62. The molecule has 0 atom stereocenters. The van der Waals surface area contributed by atoms with Gasteiger partial charge in [0.2, 0.25) is 5.88 Å². The second-order valence-corrected chi connectivity index (χ2v) is 14.0. The first-order chi connectivity index (χ1) is 22.6. The highest BCUT2D eigenvalue weighted by molar-refractivity contribution is 6.10. The zero-order valence-corrected chi connectivity index (χ0v) is 29.1. The molecule has 2 heterocycles. The van der Waals surface area contributed by atoms with Crippen molar-refractivity contribution in [3.05, 3.63) is 83.4 Å². The molecule has 4 aromatic rings. The molecule has 10 heteroatoms. The lowest BCUT2D eigenvalue weighted by molar-refractivity contribution is -0.157. The van der Waals surface area contributed by atoms with E-state index in [-0.39, 0.29) is 12.5 Å². The molecule has 0 N–H and O–H groups in total. The first-order valence-electron chi connectivity index (χ1n) is 16.2. The zero-order chi connectivity index (χ0) is 34.8. The standard InChI is InChI=1S/C38H45N3O7/c1-25-13-12-14-26(2)33(25)46-35-32(34(43)39-19-21-40(22-20-39)36(44)48-38(6,7)8)29-18-17-28(45-24-31(42)47-37(3,4)5)23-30(29)41(35)27-15-10-9-11-16-27/h9-18,23H,19-22,24H2,1-8H3. The molecule has 0 spiro atoms. The second kappa shape index (κ2) is 13.6. The summed E-state index contributed by atoms with van der Waals surface area (Å²) in [6.45, 7) is 15.9. The molecule has 0 aliphatic carbocycles. The molecule has 5 rings (SSSR count). The molecule has 254 valence electrons. The van der Waals surface area contributed by atoms with Gasteiger partial charge in [-0.25, -0.2) is 9.59 Å². The van der Waals surface area contributed by atoms with Crippen LogP contribution in [0.1, 0.15) is 63.0 Å². The number of rotatable bonds is 7. The third-order valence-electron chi connectivity index (χ3n) is 7.73. The van der Waals surface area contributed by atoms with Gasteiger partial charge in [-0.05, 0) is 90.8 Å². The number of fused-ring (bicyclic) bond motifs is 1. The molecule has 1 aliphatic rings. The van der Waals surface area contributed by atoms with Gasteiger partial charge in [0.15, 0.2) is 6.61 Å². The Labute approximate surface area is 282 Å². The Hall–Kier alpha value is -4.99. The minimum absolute atomic E-state index is 0.220. The Morgan fingerprint density at radius 2 is 1.33 bits per heavy atom. The average molecular weight is 656 g/mol. The van der Waals surface area contributed by atoms with Crippen LogP contribution < -0.4 is 9.47 Å². The number of hydrogen-bond acceptors (Lipinski definition) is 7. The third kappa shape index (κ3) is 7.93. The van der Waals surface area contributed by atoms with Crippen LogP contribution >= 0.6 is 0 Å². The van der Waals surface area contributed by atoms with Crippen molar-refractivity contribution < 1.29 is 33.3 Å². The first-order valence-corrected chi connectivity index (χ1v) is 16.2. The van der Waals surface area contributed by atoms with Gasteiger partial charge >= 0.3 is 12.1 Å². The molecular formula is C38H45N3O7. The summed E-state index contributed by atoms with van der Waals surface area (Å²) in [6.07, 6.45) is -0.395. The lowest BCUT2D eigenvalue weighted by Crippen LogP contribution is -2.51. The highest BCUT2D eigenvalue weighted by Gasteiger charge is 2.33. The van der Waals surface area contributed by atoms with E-state index in [0.717, 1.165) is 16.8 Å². The van der Waals surface area contributed by atoms with Gasteiger partial charge in [0.1, 0.15) is 28.3 Å². The van der Waals surface area contributed by atoms with Gasteiger partial charge in [0.05, 0.1) is 5.52 Å². The SMILES string of the molecule is Cc1cccc(C)c1Oc1c(C(=O)N2CCN(C(=O)OC(C)(C)C)CC2)c2ccc(OCC(=O)OC(C)(C)C)cc2n1-c1ccccc1. The van der Waals surface area contributed by atoms with E-state index in [9.17, 15) is 14.4 Å². The number of aromatic nitrogens is 1. The van der Waals surface area contributed by atoms with Gasteiger partial charge in [0.25, 0.3) is 5.91 Å². The molecule has 0 radical (unpaired) electrons. The van der Waals surface area contributed by atoms with Gasteiger partial charge in [-0.2, -0.15) is 0 Å². The Morgan fingerprint density at radius 3 is 1.94 bits per heavy atom. The minimum atomic E-state index is -0.639. The van der Waals surface area contributed by atoms with Crippen LogP contribution in [0.2, 0.25) is 0 Å². The number of piperazine rings is 1. The van der Waals surface area contributed by atoms with Crippen LogP contribution in [0.4, 0.5) is 4.79 Å². The number of esters is 1.